The molecule has 7 heteroatoms. The minimum atomic E-state index is -0.360. The third-order valence-corrected chi connectivity index (χ3v) is 7.78. The Kier molecular flexibility index (Phi) is 8.19. The van der Waals surface area contributed by atoms with Crippen molar-refractivity contribution in [2.45, 2.75) is 26.2 Å². The van der Waals surface area contributed by atoms with Gasteiger partial charge in [-0.05, 0) is 58.8 Å². The van der Waals surface area contributed by atoms with Crippen LogP contribution in [0.25, 0.3) is 21.5 Å². The number of amides is 1. The van der Waals surface area contributed by atoms with E-state index < -0.39 is 0 Å². The van der Waals surface area contributed by atoms with Crippen LogP contribution >= 0.6 is 35.6 Å². The molecule has 0 radical (unpaired) electrons. The van der Waals surface area contributed by atoms with Crippen LogP contribution in [-0.4, -0.2) is 32.1 Å². The number of nitrogens with two attached hydrogens (primary N) is 1. The molecule has 1 amide bonds. The number of halogens is 3. The Bertz CT molecular complexity index is 1410. The molecule has 0 spiro atoms. The first kappa shape index (κ1) is 26.4. The number of nitrogens with zero attached hydrogens (tertiary/aromatic N) is 2. The Balaban J connectivity index is 0.00000304. The molecule has 1 saturated heterocycles. The maximum atomic E-state index is 12.9. The summed E-state index contributed by atoms with van der Waals surface area (Å²) in [4.78, 5) is 17.5. The standard InChI is InChI=1S/C29H29Cl2N3O.ClH/c1-2-3-7-21-17-22-16-19-8-4-5-9-20(19)18-23(22)28(26(21)29(32)35)34-14-12-33(13-15-34)25-11-6-10-24(30)27(25)31;/h4-6,8-11,16-18H,2-3,7,12-15H2,1H3,(H2,32,35);1H. The lowest BCUT2D eigenvalue weighted by Crippen LogP contribution is -2.47. The summed E-state index contributed by atoms with van der Waals surface area (Å²) < 4.78 is 0. The van der Waals surface area contributed by atoms with Gasteiger partial charge in [0.15, 0.2) is 0 Å². The van der Waals surface area contributed by atoms with E-state index in [1.165, 1.54) is 5.39 Å². The van der Waals surface area contributed by atoms with Gasteiger partial charge in [0, 0.05) is 31.6 Å². The summed E-state index contributed by atoms with van der Waals surface area (Å²) >= 11 is 12.8. The predicted octanol–water partition coefficient (Wildman–Crippen LogP) is 7.49. The zero-order valence-electron chi connectivity index (χ0n) is 20.3. The van der Waals surface area contributed by atoms with E-state index >= 15 is 0 Å². The van der Waals surface area contributed by atoms with Crippen LogP contribution in [0.15, 0.2) is 60.7 Å². The van der Waals surface area contributed by atoms with Gasteiger partial charge in [0.25, 0.3) is 5.91 Å². The molecule has 1 fully saturated rings. The van der Waals surface area contributed by atoms with Crippen molar-refractivity contribution in [3.63, 3.8) is 0 Å². The molecule has 0 unspecified atom stereocenters. The van der Waals surface area contributed by atoms with Gasteiger partial charge < -0.3 is 15.5 Å². The smallest absolute Gasteiger partial charge is 0.251 e. The lowest BCUT2D eigenvalue weighted by molar-refractivity contribution is 0.1000. The largest absolute Gasteiger partial charge is 0.367 e. The second kappa shape index (κ2) is 11.2. The Morgan fingerprint density at radius 2 is 1.56 bits per heavy atom. The lowest BCUT2D eigenvalue weighted by Gasteiger charge is -2.39. The van der Waals surface area contributed by atoms with Crippen molar-refractivity contribution < 1.29 is 4.79 Å². The Labute approximate surface area is 228 Å². The van der Waals surface area contributed by atoms with E-state index in [1.807, 2.05) is 18.2 Å². The van der Waals surface area contributed by atoms with Crippen molar-refractivity contribution >= 4 is 74.4 Å². The van der Waals surface area contributed by atoms with Crippen LogP contribution in [-0.2, 0) is 6.42 Å². The van der Waals surface area contributed by atoms with E-state index in [4.69, 9.17) is 28.9 Å². The van der Waals surface area contributed by atoms with Gasteiger partial charge in [-0.15, -0.1) is 12.4 Å². The summed E-state index contributed by atoms with van der Waals surface area (Å²) in [6, 6.07) is 20.7. The van der Waals surface area contributed by atoms with E-state index in [-0.39, 0.29) is 18.3 Å². The van der Waals surface area contributed by atoms with Gasteiger partial charge in [0.05, 0.1) is 27.0 Å². The van der Waals surface area contributed by atoms with Crippen molar-refractivity contribution in [2.75, 3.05) is 36.0 Å². The molecule has 0 aliphatic carbocycles. The fourth-order valence-corrected chi connectivity index (χ4v) is 5.62. The van der Waals surface area contributed by atoms with Crippen molar-refractivity contribution in [3.8, 4) is 0 Å². The highest BCUT2D eigenvalue weighted by molar-refractivity contribution is 6.43. The summed E-state index contributed by atoms with van der Waals surface area (Å²) in [6.07, 6.45) is 2.91. The number of rotatable bonds is 6. The molecule has 0 atom stereocenters. The van der Waals surface area contributed by atoms with Gasteiger partial charge in [-0.25, -0.2) is 0 Å². The average Bonchev–Trinajstić information content (AvgIpc) is 2.87. The Morgan fingerprint density at radius 1 is 0.889 bits per heavy atom. The first-order valence-corrected chi connectivity index (χ1v) is 13.0. The quantitative estimate of drug-likeness (QED) is 0.257. The highest BCUT2D eigenvalue weighted by Gasteiger charge is 2.26. The molecule has 5 rings (SSSR count). The number of primary amides is 1. The molecule has 36 heavy (non-hydrogen) atoms. The zero-order valence-corrected chi connectivity index (χ0v) is 22.6. The van der Waals surface area contributed by atoms with Crippen LogP contribution in [0.3, 0.4) is 0 Å². The number of hydrogen-bond acceptors (Lipinski definition) is 3. The third-order valence-electron chi connectivity index (χ3n) is 6.97. The first-order valence-electron chi connectivity index (χ1n) is 12.2. The first-order chi connectivity index (χ1) is 17.0. The van der Waals surface area contributed by atoms with E-state index in [9.17, 15) is 4.79 Å². The Hall–Kier alpha value is -2.66. The molecule has 4 nitrogen and oxygen atoms in total. The second-order valence-electron chi connectivity index (χ2n) is 9.19. The van der Waals surface area contributed by atoms with Crippen molar-refractivity contribution in [1.29, 1.82) is 0 Å². The summed E-state index contributed by atoms with van der Waals surface area (Å²) in [5, 5.41) is 5.71. The second-order valence-corrected chi connectivity index (χ2v) is 9.98. The van der Waals surface area contributed by atoms with Gasteiger partial charge >= 0.3 is 0 Å². The zero-order chi connectivity index (χ0) is 24.5. The molecule has 1 aliphatic rings. The third kappa shape index (κ3) is 4.95. The number of benzene rings is 4. The normalized spacial score (nSPS) is 13.8. The number of unbranched alkanes of at least 4 members (excludes halogenated alkanes) is 1. The van der Waals surface area contributed by atoms with Crippen LogP contribution in [0.1, 0.15) is 35.7 Å². The van der Waals surface area contributed by atoms with E-state index in [0.29, 0.717) is 15.6 Å². The number of carbonyl (C=O) groups is 1. The number of piperazine rings is 1. The van der Waals surface area contributed by atoms with Crippen LogP contribution in [0.2, 0.25) is 10.0 Å². The van der Waals surface area contributed by atoms with Crippen LogP contribution in [0.4, 0.5) is 11.4 Å². The van der Waals surface area contributed by atoms with E-state index in [1.54, 1.807) is 6.07 Å². The van der Waals surface area contributed by atoms with Crippen molar-refractivity contribution in [3.05, 3.63) is 81.8 Å². The predicted molar refractivity (Wildman–Crippen MR) is 157 cm³/mol. The summed E-state index contributed by atoms with van der Waals surface area (Å²) in [7, 11) is 0. The molecule has 188 valence electrons. The fourth-order valence-electron chi connectivity index (χ4n) is 5.20. The van der Waals surface area contributed by atoms with Gasteiger partial charge in [0.1, 0.15) is 0 Å². The maximum absolute atomic E-state index is 12.9. The minimum Gasteiger partial charge on any atom is -0.367 e. The molecule has 0 aromatic heterocycles. The highest BCUT2D eigenvalue weighted by atomic mass is 35.5. The summed E-state index contributed by atoms with van der Waals surface area (Å²) in [6.45, 7) is 5.21. The molecular weight excluding hydrogens is 513 g/mol. The fraction of sp³-hybridized carbons (Fsp3) is 0.276. The van der Waals surface area contributed by atoms with Gasteiger partial charge in [-0.1, -0.05) is 72.9 Å². The summed E-state index contributed by atoms with van der Waals surface area (Å²) in [5.74, 6) is -0.360. The van der Waals surface area contributed by atoms with Crippen molar-refractivity contribution in [2.24, 2.45) is 5.73 Å². The molecule has 4 aromatic rings. The molecular formula is C29H30Cl3N3O. The van der Waals surface area contributed by atoms with E-state index in [2.05, 4.69) is 53.1 Å². The molecule has 1 aliphatic heterocycles. The number of hydrogen-bond donors (Lipinski definition) is 1. The number of carbonyl (C=O) groups excluding carboxylic acids is 1. The van der Waals surface area contributed by atoms with Crippen molar-refractivity contribution in [1.82, 2.24) is 0 Å². The number of aryl methyl sites for hydroxylation is 1. The topological polar surface area (TPSA) is 49.6 Å². The molecule has 4 aromatic carbocycles. The maximum Gasteiger partial charge on any atom is 0.251 e. The molecule has 0 saturated carbocycles. The van der Waals surface area contributed by atoms with E-state index in [0.717, 1.165) is 78.5 Å². The van der Waals surface area contributed by atoms with Crippen LogP contribution in [0.5, 0.6) is 0 Å². The van der Waals surface area contributed by atoms with Gasteiger partial charge in [-0.2, -0.15) is 0 Å². The number of fused-ring (bicyclic) bond motifs is 2. The van der Waals surface area contributed by atoms with Crippen LogP contribution in [0, 0.1) is 0 Å². The van der Waals surface area contributed by atoms with Crippen LogP contribution < -0.4 is 15.5 Å². The summed E-state index contributed by atoms with van der Waals surface area (Å²) in [5.41, 5.74) is 9.65. The Morgan fingerprint density at radius 3 is 2.22 bits per heavy atom. The minimum absolute atomic E-state index is 0. The average molecular weight is 543 g/mol. The van der Waals surface area contributed by atoms with Gasteiger partial charge in [0.2, 0.25) is 0 Å². The monoisotopic (exact) mass is 541 g/mol. The molecule has 0 bridgehead atoms. The highest BCUT2D eigenvalue weighted by Crippen LogP contribution is 2.38. The van der Waals surface area contributed by atoms with Gasteiger partial charge in [-0.3, -0.25) is 4.79 Å². The SMILES string of the molecule is CCCCc1cc2cc3ccccc3cc2c(N2CCN(c3cccc(Cl)c3Cl)CC2)c1C(N)=O.Cl. The number of anilines is 2. The molecule has 1 heterocycles. The molecule has 2 N–H and O–H groups in total. The lowest BCUT2D eigenvalue weighted by atomic mass is 9.92.